The average molecular weight is 407 g/mol. The summed E-state index contributed by atoms with van der Waals surface area (Å²) in [5, 5.41) is 5.87. The Labute approximate surface area is 179 Å². The summed E-state index contributed by atoms with van der Waals surface area (Å²) >= 11 is 0. The van der Waals surface area contributed by atoms with Gasteiger partial charge in [-0.1, -0.05) is 48.5 Å². The molecule has 0 saturated carbocycles. The lowest BCUT2D eigenvalue weighted by atomic mass is 10.2. The molecule has 1 aliphatic rings. The van der Waals surface area contributed by atoms with Crippen LogP contribution in [0.15, 0.2) is 79.0 Å². The van der Waals surface area contributed by atoms with Gasteiger partial charge in [-0.05, 0) is 24.3 Å². The second kappa shape index (κ2) is 7.36. The average Bonchev–Trinajstić information content (AvgIpc) is 3.31. The molecule has 152 valence electrons. The van der Waals surface area contributed by atoms with Crippen LogP contribution in [0.1, 0.15) is 0 Å². The van der Waals surface area contributed by atoms with Crippen LogP contribution in [-0.4, -0.2) is 50.7 Å². The molecule has 1 aliphatic heterocycles. The largest absolute Gasteiger partial charge is 0.353 e. The monoisotopic (exact) mass is 407 g/mol. The Morgan fingerprint density at radius 3 is 2.23 bits per heavy atom. The van der Waals surface area contributed by atoms with Crippen molar-refractivity contribution in [2.45, 2.75) is 0 Å². The van der Waals surface area contributed by atoms with Crippen LogP contribution in [0.4, 0.5) is 11.8 Å². The fourth-order valence-corrected chi connectivity index (χ4v) is 4.13. The second-order valence-electron chi connectivity index (χ2n) is 7.63. The van der Waals surface area contributed by atoms with Gasteiger partial charge in [0, 0.05) is 43.3 Å². The van der Waals surface area contributed by atoms with Crippen molar-refractivity contribution in [1.82, 2.24) is 24.6 Å². The Morgan fingerprint density at radius 1 is 0.677 bits per heavy atom. The maximum Gasteiger partial charge on any atom is 0.229 e. The predicted octanol–water partition coefficient (Wildman–Crippen LogP) is 3.67. The Balaban J connectivity index is 1.41. The first-order valence-corrected chi connectivity index (χ1v) is 10.5. The van der Waals surface area contributed by atoms with Gasteiger partial charge in [0.2, 0.25) is 5.95 Å². The number of hydrogen-bond donors (Lipinski definition) is 0. The minimum absolute atomic E-state index is 0.715. The topological polar surface area (TPSA) is 62.5 Å². The third kappa shape index (κ3) is 3.15. The number of pyridine rings is 1. The minimum atomic E-state index is 0.715. The molecule has 6 rings (SSSR count). The van der Waals surface area contributed by atoms with E-state index in [2.05, 4.69) is 26.9 Å². The molecule has 31 heavy (non-hydrogen) atoms. The smallest absolute Gasteiger partial charge is 0.229 e. The molecular weight excluding hydrogens is 386 g/mol. The van der Waals surface area contributed by atoms with Gasteiger partial charge in [0.05, 0.1) is 5.52 Å². The van der Waals surface area contributed by atoms with E-state index >= 15 is 0 Å². The van der Waals surface area contributed by atoms with Gasteiger partial charge in [0.15, 0.2) is 11.5 Å². The van der Waals surface area contributed by atoms with Gasteiger partial charge in [-0.3, -0.25) is 0 Å². The molecule has 0 bridgehead atoms. The molecule has 0 unspecified atom stereocenters. The molecule has 0 spiro atoms. The first-order chi connectivity index (χ1) is 15.4. The maximum absolute atomic E-state index is 4.98. The van der Waals surface area contributed by atoms with E-state index in [1.54, 1.807) is 0 Å². The zero-order valence-electron chi connectivity index (χ0n) is 17.0. The number of nitrogens with zero attached hydrogens (tertiary/aromatic N) is 7. The molecular formula is C24H21N7. The number of anilines is 2. The normalized spacial score (nSPS) is 14.5. The molecule has 4 heterocycles. The second-order valence-corrected chi connectivity index (χ2v) is 7.63. The van der Waals surface area contributed by atoms with E-state index in [9.17, 15) is 0 Å². The number of fused-ring (bicyclic) bond motifs is 3. The highest BCUT2D eigenvalue weighted by atomic mass is 15.4. The van der Waals surface area contributed by atoms with Crippen molar-refractivity contribution in [3.8, 4) is 11.4 Å². The van der Waals surface area contributed by atoms with Crippen LogP contribution in [0.3, 0.4) is 0 Å². The summed E-state index contributed by atoms with van der Waals surface area (Å²) in [6.07, 6.45) is 1.84. The summed E-state index contributed by atoms with van der Waals surface area (Å²) in [4.78, 5) is 19.0. The van der Waals surface area contributed by atoms with Crippen LogP contribution in [0, 0.1) is 0 Å². The molecule has 0 radical (unpaired) electrons. The van der Waals surface area contributed by atoms with E-state index in [-0.39, 0.29) is 0 Å². The molecule has 0 N–H and O–H groups in total. The van der Waals surface area contributed by atoms with Gasteiger partial charge in [-0.15, -0.1) is 5.10 Å². The zero-order chi connectivity index (χ0) is 20.6. The Hall–Kier alpha value is -4.00. The van der Waals surface area contributed by atoms with Crippen molar-refractivity contribution < 1.29 is 0 Å². The summed E-state index contributed by atoms with van der Waals surface area (Å²) in [6, 6.07) is 24.3. The van der Waals surface area contributed by atoms with E-state index in [1.165, 1.54) is 0 Å². The summed E-state index contributed by atoms with van der Waals surface area (Å²) in [5.41, 5.74) is 2.77. The van der Waals surface area contributed by atoms with E-state index in [4.69, 9.17) is 15.1 Å². The summed E-state index contributed by atoms with van der Waals surface area (Å²) in [6.45, 7) is 3.45. The Kier molecular flexibility index (Phi) is 4.23. The van der Waals surface area contributed by atoms with Crippen molar-refractivity contribution in [2.75, 3.05) is 36.0 Å². The molecule has 3 aromatic heterocycles. The third-order valence-corrected chi connectivity index (χ3v) is 5.73. The van der Waals surface area contributed by atoms with Crippen molar-refractivity contribution in [1.29, 1.82) is 0 Å². The highest BCUT2D eigenvalue weighted by molar-refractivity contribution is 5.93. The fourth-order valence-electron chi connectivity index (χ4n) is 4.13. The van der Waals surface area contributed by atoms with Crippen molar-refractivity contribution in [3.05, 3.63) is 79.0 Å². The quantitative estimate of drug-likeness (QED) is 0.455. The van der Waals surface area contributed by atoms with Crippen LogP contribution < -0.4 is 9.80 Å². The first kappa shape index (κ1) is 17.8. The van der Waals surface area contributed by atoms with Gasteiger partial charge < -0.3 is 9.80 Å². The molecule has 5 aromatic rings. The highest BCUT2D eigenvalue weighted by Gasteiger charge is 2.23. The van der Waals surface area contributed by atoms with Gasteiger partial charge in [-0.25, -0.2) is 15.0 Å². The number of para-hydroxylation sites is 1. The van der Waals surface area contributed by atoms with Gasteiger partial charge >= 0.3 is 0 Å². The fraction of sp³-hybridized carbons (Fsp3) is 0.167. The van der Waals surface area contributed by atoms with E-state index < -0.39 is 0 Å². The summed E-state index contributed by atoms with van der Waals surface area (Å²) in [7, 11) is 0. The molecule has 0 amide bonds. The summed E-state index contributed by atoms with van der Waals surface area (Å²) < 4.78 is 1.90. The zero-order valence-corrected chi connectivity index (χ0v) is 17.0. The number of piperazine rings is 1. The molecule has 1 fully saturated rings. The number of hydrogen-bond acceptors (Lipinski definition) is 6. The molecule has 7 nitrogen and oxygen atoms in total. The molecule has 2 aromatic carbocycles. The third-order valence-electron chi connectivity index (χ3n) is 5.73. The van der Waals surface area contributed by atoms with E-state index in [0.29, 0.717) is 5.82 Å². The van der Waals surface area contributed by atoms with Crippen molar-refractivity contribution in [3.63, 3.8) is 0 Å². The van der Waals surface area contributed by atoms with Crippen LogP contribution in [0.25, 0.3) is 27.9 Å². The van der Waals surface area contributed by atoms with Gasteiger partial charge in [0.1, 0.15) is 5.82 Å². The standard InChI is InChI=1S/C24H21N7/c1-2-8-18(9-3-1)22-27-23-19-10-4-5-11-20(19)26-24(31(23)28-22)30-16-14-29(15-17-30)21-12-6-7-13-25-21/h1-13H,14-17H2. The lowest BCUT2D eigenvalue weighted by molar-refractivity contribution is 0.627. The first-order valence-electron chi connectivity index (χ1n) is 10.5. The number of benzene rings is 2. The molecule has 7 heteroatoms. The lowest BCUT2D eigenvalue weighted by Crippen LogP contribution is -2.47. The molecule has 0 atom stereocenters. The van der Waals surface area contributed by atoms with E-state index in [1.807, 2.05) is 71.4 Å². The highest BCUT2D eigenvalue weighted by Crippen LogP contribution is 2.26. The van der Waals surface area contributed by atoms with Crippen molar-refractivity contribution >= 4 is 28.3 Å². The van der Waals surface area contributed by atoms with Crippen molar-refractivity contribution in [2.24, 2.45) is 0 Å². The lowest BCUT2D eigenvalue weighted by Gasteiger charge is -2.35. The SMILES string of the molecule is c1ccc(-c2nc3c4ccccc4nc(N4CCN(c5ccccn5)CC4)n3n2)cc1. The Morgan fingerprint density at radius 2 is 1.42 bits per heavy atom. The maximum atomic E-state index is 4.98. The number of aromatic nitrogens is 5. The van der Waals surface area contributed by atoms with Crippen LogP contribution in [0.5, 0.6) is 0 Å². The van der Waals surface area contributed by atoms with Crippen LogP contribution in [-0.2, 0) is 0 Å². The predicted molar refractivity (Wildman–Crippen MR) is 122 cm³/mol. The van der Waals surface area contributed by atoms with Gasteiger partial charge in [0.25, 0.3) is 0 Å². The molecule has 1 saturated heterocycles. The van der Waals surface area contributed by atoms with Crippen LogP contribution in [0.2, 0.25) is 0 Å². The Bertz CT molecular complexity index is 1340. The summed E-state index contributed by atoms with van der Waals surface area (Å²) in [5.74, 6) is 2.57. The number of rotatable bonds is 3. The molecule has 0 aliphatic carbocycles. The van der Waals surface area contributed by atoms with Crippen LogP contribution >= 0.6 is 0 Å². The van der Waals surface area contributed by atoms with E-state index in [0.717, 1.165) is 60.1 Å². The minimum Gasteiger partial charge on any atom is -0.353 e. The van der Waals surface area contributed by atoms with Gasteiger partial charge in [-0.2, -0.15) is 4.52 Å².